The van der Waals surface area contributed by atoms with Gasteiger partial charge in [-0.05, 0) is 45.9 Å². The van der Waals surface area contributed by atoms with E-state index in [4.69, 9.17) is 28.4 Å². The van der Waals surface area contributed by atoms with E-state index in [0.29, 0.717) is 49.8 Å². The number of carbonyl (C=O) groups excluding carboxylic acids is 4. The van der Waals surface area contributed by atoms with Crippen LogP contribution in [0.15, 0.2) is 47.4 Å². The van der Waals surface area contributed by atoms with E-state index in [1.54, 1.807) is 52.0 Å². The molecule has 0 unspecified atom stereocenters. The van der Waals surface area contributed by atoms with E-state index in [-0.39, 0.29) is 57.9 Å². The van der Waals surface area contributed by atoms with Crippen LogP contribution in [-0.2, 0) is 39.8 Å². The van der Waals surface area contributed by atoms with E-state index in [1.807, 2.05) is 0 Å². The summed E-state index contributed by atoms with van der Waals surface area (Å²) in [5, 5.41) is 0. The van der Waals surface area contributed by atoms with Crippen LogP contribution in [-0.4, -0.2) is 111 Å². The summed E-state index contributed by atoms with van der Waals surface area (Å²) in [5.41, 5.74) is 0.0304. The van der Waals surface area contributed by atoms with Gasteiger partial charge >= 0.3 is 12.1 Å². The van der Waals surface area contributed by atoms with E-state index < -0.39 is 23.2 Å². The van der Waals surface area contributed by atoms with Crippen LogP contribution < -0.4 is 10.5 Å². The van der Waals surface area contributed by atoms with E-state index in [0.717, 1.165) is 0 Å². The van der Waals surface area contributed by atoms with Gasteiger partial charge in [-0.2, -0.15) is 0 Å². The molecule has 0 aliphatic carbocycles. The van der Waals surface area contributed by atoms with E-state index in [9.17, 15) is 24.0 Å². The van der Waals surface area contributed by atoms with Gasteiger partial charge in [-0.3, -0.25) is 29.0 Å². The van der Waals surface area contributed by atoms with Gasteiger partial charge in [-0.15, -0.1) is 0 Å². The Morgan fingerprint density at radius 2 is 1.30 bits per heavy atom. The number of benzene rings is 1. The molecular weight excluding hydrogens is 602 g/mol. The average molecular weight is 646 g/mol. The second-order valence-corrected chi connectivity index (χ2v) is 11.0. The standard InChI is InChI=1S/C32H43N3O11/c1-5-45-28(37)23-33-22-24(10-11-27(33)36)34(31(40)46-32(2,3)4)12-14-41-16-18-43-20-21-44-19-17-42-15-13-35-29(38)25-8-6-7-9-26(25)30(35)39/h6-11,22H,5,12-21,23H2,1-4H3. The number of hydrogen-bond acceptors (Lipinski definition) is 11. The lowest BCUT2D eigenvalue weighted by Gasteiger charge is -2.27. The summed E-state index contributed by atoms with van der Waals surface area (Å²) in [4.78, 5) is 64.3. The number of fused-ring (bicyclic) bond motifs is 1. The molecule has 1 aromatic heterocycles. The van der Waals surface area contributed by atoms with Crippen LogP contribution in [0.4, 0.5) is 10.5 Å². The third-order valence-electron chi connectivity index (χ3n) is 6.41. The first-order chi connectivity index (χ1) is 22.0. The molecule has 0 saturated heterocycles. The maximum atomic E-state index is 13.0. The zero-order valence-corrected chi connectivity index (χ0v) is 26.9. The fourth-order valence-corrected chi connectivity index (χ4v) is 4.31. The number of imide groups is 1. The van der Waals surface area contributed by atoms with Crippen molar-refractivity contribution in [1.29, 1.82) is 0 Å². The number of ether oxygens (including phenoxy) is 6. The Bertz CT molecular complexity index is 1350. The highest BCUT2D eigenvalue weighted by Gasteiger charge is 2.34. The monoisotopic (exact) mass is 645 g/mol. The zero-order chi connectivity index (χ0) is 33.5. The number of anilines is 1. The summed E-state index contributed by atoms with van der Waals surface area (Å²) in [6.07, 6.45) is 0.782. The molecule has 0 bridgehead atoms. The van der Waals surface area contributed by atoms with Gasteiger partial charge in [-0.1, -0.05) is 12.1 Å². The summed E-state index contributed by atoms with van der Waals surface area (Å²) < 4.78 is 33.7. The molecular formula is C32H43N3O11. The molecule has 14 nitrogen and oxygen atoms in total. The number of esters is 1. The number of nitrogens with zero attached hydrogens (tertiary/aromatic N) is 3. The highest BCUT2D eigenvalue weighted by atomic mass is 16.6. The molecule has 1 aliphatic rings. The first-order valence-corrected chi connectivity index (χ1v) is 15.1. The largest absolute Gasteiger partial charge is 0.465 e. The minimum absolute atomic E-state index is 0.128. The van der Waals surface area contributed by atoms with Crippen molar-refractivity contribution in [1.82, 2.24) is 9.47 Å². The lowest BCUT2D eigenvalue weighted by atomic mass is 10.1. The number of carbonyl (C=O) groups is 4. The summed E-state index contributed by atoms with van der Waals surface area (Å²) >= 11 is 0. The fourth-order valence-electron chi connectivity index (χ4n) is 4.31. The van der Waals surface area contributed by atoms with Crippen LogP contribution in [0.3, 0.4) is 0 Å². The van der Waals surface area contributed by atoms with Crippen molar-refractivity contribution >= 4 is 29.6 Å². The van der Waals surface area contributed by atoms with Gasteiger partial charge in [0, 0.05) is 12.3 Å². The first-order valence-electron chi connectivity index (χ1n) is 15.1. The molecule has 0 spiro atoms. The maximum Gasteiger partial charge on any atom is 0.414 e. The third kappa shape index (κ3) is 11.4. The molecule has 2 aromatic rings. The number of rotatable bonds is 19. The maximum absolute atomic E-state index is 13.0. The molecule has 1 aromatic carbocycles. The predicted molar refractivity (Wildman–Crippen MR) is 166 cm³/mol. The lowest BCUT2D eigenvalue weighted by Crippen LogP contribution is -2.39. The highest BCUT2D eigenvalue weighted by Crippen LogP contribution is 2.22. The molecule has 3 amide bonds. The molecule has 46 heavy (non-hydrogen) atoms. The minimum atomic E-state index is -0.751. The van der Waals surface area contributed by atoms with Crippen LogP contribution in [0.5, 0.6) is 0 Å². The molecule has 0 radical (unpaired) electrons. The molecule has 0 saturated carbocycles. The Labute approximate surface area is 268 Å². The predicted octanol–water partition coefficient (Wildman–Crippen LogP) is 2.52. The molecule has 1 aliphatic heterocycles. The normalized spacial score (nSPS) is 12.7. The molecule has 3 rings (SSSR count). The number of aromatic nitrogens is 1. The minimum Gasteiger partial charge on any atom is -0.465 e. The Kier molecular flexibility index (Phi) is 14.3. The van der Waals surface area contributed by atoms with Crippen molar-refractivity contribution in [2.75, 3.05) is 77.5 Å². The van der Waals surface area contributed by atoms with Crippen molar-refractivity contribution in [2.24, 2.45) is 0 Å². The summed E-state index contributed by atoms with van der Waals surface area (Å²) in [7, 11) is 0. The van der Waals surface area contributed by atoms with E-state index in [1.165, 1.54) is 32.7 Å². The molecule has 14 heteroatoms. The fraction of sp³-hybridized carbons (Fsp3) is 0.531. The topological polar surface area (TPSA) is 152 Å². The van der Waals surface area contributed by atoms with Gasteiger partial charge in [0.1, 0.15) is 12.1 Å². The second kappa shape index (κ2) is 18.1. The van der Waals surface area contributed by atoms with E-state index in [2.05, 4.69) is 0 Å². The number of amides is 3. The Hall–Kier alpha value is -4.11. The van der Waals surface area contributed by atoms with Crippen molar-refractivity contribution in [3.63, 3.8) is 0 Å². The van der Waals surface area contributed by atoms with E-state index >= 15 is 0 Å². The van der Waals surface area contributed by atoms with Crippen LogP contribution in [0.25, 0.3) is 0 Å². The summed E-state index contributed by atoms with van der Waals surface area (Å²) in [5.74, 6) is -1.18. The molecule has 0 N–H and O–H groups in total. The summed E-state index contributed by atoms with van der Waals surface area (Å²) in [6, 6.07) is 9.49. The van der Waals surface area contributed by atoms with Crippen LogP contribution in [0.2, 0.25) is 0 Å². The van der Waals surface area contributed by atoms with Gasteiger partial charge in [0.2, 0.25) is 0 Å². The van der Waals surface area contributed by atoms with Crippen molar-refractivity contribution < 1.29 is 47.6 Å². The van der Waals surface area contributed by atoms with Crippen molar-refractivity contribution in [2.45, 2.75) is 39.8 Å². The van der Waals surface area contributed by atoms with Crippen LogP contribution in [0, 0.1) is 0 Å². The summed E-state index contributed by atoms with van der Waals surface area (Å²) in [6.45, 7) is 9.38. The third-order valence-corrected chi connectivity index (χ3v) is 6.41. The van der Waals surface area contributed by atoms with Gasteiger partial charge in [0.05, 0.1) is 89.4 Å². The lowest BCUT2D eigenvalue weighted by molar-refractivity contribution is -0.143. The SMILES string of the molecule is CCOC(=O)Cn1cc(N(CCOCCOCCOCCOCCN2C(=O)c3ccccc3C2=O)C(=O)OC(C)(C)C)ccc1=O. The van der Waals surface area contributed by atoms with Gasteiger partial charge in [0.15, 0.2) is 0 Å². The van der Waals surface area contributed by atoms with Crippen LogP contribution >= 0.6 is 0 Å². The molecule has 0 fully saturated rings. The molecule has 0 atom stereocenters. The zero-order valence-electron chi connectivity index (χ0n) is 26.9. The number of hydrogen-bond donors (Lipinski definition) is 0. The highest BCUT2D eigenvalue weighted by molar-refractivity contribution is 6.21. The van der Waals surface area contributed by atoms with Crippen LogP contribution in [0.1, 0.15) is 48.4 Å². The van der Waals surface area contributed by atoms with Crippen molar-refractivity contribution in [3.05, 3.63) is 64.1 Å². The second-order valence-electron chi connectivity index (χ2n) is 11.0. The molecule has 2 heterocycles. The molecule has 252 valence electrons. The van der Waals surface area contributed by atoms with Crippen molar-refractivity contribution in [3.8, 4) is 0 Å². The quantitative estimate of drug-likeness (QED) is 0.126. The Balaban J connectivity index is 1.29. The first kappa shape index (κ1) is 36.4. The van der Waals surface area contributed by atoms with Gasteiger partial charge < -0.3 is 33.0 Å². The Morgan fingerprint density at radius 3 is 1.85 bits per heavy atom. The van der Waals surface area contributed by atoms with Gasteiger partial charge in [0.25, 0.3) is 17.4 Å². The van der Waals surface area contributed by atoms with Gasteiger partial charge in [-0.25, -0.2) is 4.79 Å². The smallest absolute Gasteiger partial charge is 0.414 e. The number of pyridine rings is 1. The average Bonchev–Trinajstić information content (AvgIpc) is 3.24. The Morgan fingerprint density at radius 1 is 0.761 bits per heavy atom.